The number of hydrogen-bond acceptors (Lipinski definition) is 4. The first-order valence-corrected chi connectivity index (χ1v) is 7.48. The summed E-state index contributed by atoms with van der Waals surface area (Å²) in [6.45, 7) is 7.41. The maximum Gasteiger partial charge on any atom is 0.341 e. The highest BCUT2D eigenvalue weighted by molar-refractivity contribution is 6.04. The molecule has 0 spiro atoms. The minimum atomic E-state index is -1.04. The van der Waals surface area contributed by atoms with Crippen molar-refractivity contribution >= 4 is 17.6 Å². The molecule has 0 atom stereocenters. The number of aryl methyl sites for hydroxylation is 1. The number of nitrogens with one attached hydrogen (secondary N) is 1. The summed E-state index contributed by atoms with van der Waals surface area (Å²) < 4.78 is 6.84. The molecular weight excluding hydrogens is 310 g/mol. The molecule has 128 valence electrons. The average Bonchev–Trinajstić information content (AvgIpc) is 2.97. The predicted molar refractivity (Wildman–Crippen MR) is 89.5 cm³/mol. The molecule has 0 aliphatic heterocycles. The molecule has 2 rings (SSSR count). The zero-order valence-electron chi connectivity index (χ0n) is 14.2. The fourth-order valence-electron chi connectivity index (χ4n) is 2.01. The fourth-order valence-corrected chi connectivity index (χ4v) is 2.01. The Hall–Kier alpha value is -2.83. The van der Waals surface area contributed by atoms with Gasteiger partial charge in [0.1, 0.15) is 5.75 Å². The zero-order valence-corrected chi connectivity index (χ0v) is 14.2. The molecule has 24 heavy (non-hydrogen) atoms. The molecule has 1 aromatic carbocycles. The van der Waals surface area contributed by atoms with Gasteiger partial charge in [-0.3, -0.25) is 9.48 Å². The first-order valence-electron chi connectivity index (χ1n) is 7.48. The largest absolute Gasteiger partial charge is 0.482 e. The Labute approximate surface area is 140 Å². The number of carboxylic acids is 1. The summed E-state index contributed by atoms with van der Waals surface area (Å²) in [6.07, 6.45) is 3.23. The van der Waals surface area contributed by atoms with Crippen LogP contribution in [-0.4, -0.2) is 33.4 Å². The molecule has 0 saturated carbocycles. The number of carboxylic acid groups (broad SMARTS) is 1. The fraction of sp³-hybridized carbons (Fsp3) is 0.353. The molecule has 7 heteroatoms. The lowest BCUT2D eigenvalue weighted by Gasteiger charge is -2.18. The van der Waals surface area contributed by atoms with Crippen LogP contribution in [0.1, 0.15) is 36.7 Å². The molecule has 2 N–H and O–H groups in total. The van der Waals surface area contributed by atoms with E-state index < -0.39 is 12.6 Å². The second kappa shape index (κ2) is 6.74. The zero-order chi connectivity index (χ0) is 17.9. The Kier molecular flexibility index (Phi) is 4.92. The number of benzene rings is 1. The highest BCUT2D eigenvalue weighted by atomic mass is 16.5. The quantitative estimate of drug-likeness (QED) is 0.878. The van der Waals surface area contributed by atoms with E-state index in [1.165, 1.54) is 6.20 Å². The molecule has 0 radical (unpaired) electrons. The SMILES string of the molecule is Cc1cc(OCC(=O)O)ccc1NC(=O)c1cnn(C(C)(C)C)c1. The molecule has 1 amide bonds. The van der Waals surface area contributed by atoms with E-state index in [0.717, 1.165) is 5.56 Å². The standard InChI is InChI=1S/C17H21N3O4/c1-11-7-13(24-10-15(21)22)5-6-14(11)19-16(23)12-8-18-20(9-12)17(2,3)4/h5-9H,10H2,1-4H3,(H,19,23)(H,21,22). The van der Waals surface area contributed by atoms with Crippen molar-refractivity contribution in [2.45, 2.75) is 33.2 Å². The minimum Gasteiger partial charge on any atom is -0.482 e. The topological polar surface area (TPSA) is 93.4 Å². The van der Waals surface area contributed by atoms with Crippen LogP contribution in [0.2, 0.25) is 0 Å². The number of anilines is 1. The number of hydrogen-bond donors (Lipinski definition) is 2. The lowest BCUT2D eigenvalue weighted by atomic mass is 10.1. The van der Waals surface area contributed by atoms with Crippen molar-refractivity contribution in [2.75, 3.05) is 11.9 Å². The second-order valence-corrected chi connectivity index (χ2v) is 6.46. The number of aromatic nitrogens is 2. The summed E-state index contributed by atoms with van der Waals surface area (Å²) in [5.41, 5.74) is 1.67. The van der Waals surface area contributed by atoms with Crippen molar-refractivity contribution in [1.82, 2.24) is 9.78 Å². The van der Waals surface area contributed by atoms with Gasteiger partial charge in [0.15, 0.2) is 6.61 Å². The van der Waals surface area contributed by atoms with Gasteiger partial charge in [-0.2, -0.15) is 5.10 Å². The van der Waals surface area contributed by atoms with Crippen molar-refractivity contribution in [1.29, 1.82) is 0 Å². The maximum absolute atomic E-state index is 12.3. The number of rotatable bonds is 5. The Morgan fingerprint density at radius 3 is 2.58 bits per heavy atom. The summed E-state index contributed by atoms with van der Waals surface area (Å²) in [5, 5.41) is 15.6. The summed E-state index contributed by atoms with van der Waals surface area (Å²) >= 11 is 0. The Morgan fingerprint density at radius 2 is 2.04 bits per heavy atom. The molecule has 0 unspecified atom stereocenters. The lowest BCUT2D eigenvalue weighted by molar-refractivity contribution is -0.139. The molecule has 0 aliphatic rings. The molecule has 1 heterocycles. The molecule has 2 aromatic rings. The maximum atomic E-state index is 12.3. The highest BCUT2D eigenvalue weighted by Gasteiger charge is 2.17. The Bertz CT molecular complexity index is 759. The third-order valence-electron chi connectivity index (χ3n) is 3.34. The third kappa shape index (κ3) is 4.34. The molecule has 0 saturated heterocycles. The van der Waals surface area contributed by atoms with Gasteiger partial charge in [-0.15, -0.1) is 0 Å². The van der Waals surface area contributed by atoms with Crippen LogP contribution >= 0.6 is 0 Å². The molecule has 1 aromatic heterocycles. The van der Waals surface area contributed by atoms with Gasteiger partial charge in [-0.05, 0) is 51.5 Å². The van der Waals surface area contributed by atoms with E-state index in [4.69, 9.17) is 9.84 Å². The van der Waals surface area contributed by atoms with Gasteiger partial charge >= 0.3 is 5.97 Å². The Balaban J connectivity index is 2.09. The highest BCUT2D eigenvalue weighted by Crippen LogP contribution is 2.22. The van der Waals surface area contributed by atoms with Crippen LogP contribution in [0.5, 0.6) is 5.75 Å². The number of ether oxygens (including phenoxy) is 1. The summed E-state index contributed by atoms with van der Waals surface area (Å²) in [6, 6.07) is 4.97. The first-order chi connectivity index (χ1) is 11.2. The van der Waals surface area contributed by atoms with Crippen molar-refractivity contribution in [3.05, 3.63) is 41.7 Å². The van der Waals surface area contributed by atoms with Gasteiger partial charge < -0.3 is 15.2 Å². The number of nitrogens with zero attached hydrogens (tertiary/aromatic N) is 2. The van der Waals surface area contributed by atoms with Gasteiger partial charge in [0, 0.05) is 11.9 Å². The van der Waals surface area contributed by atoms with Crippen LogP contribution < -0.4 is 10.1 Å². The van der Waals surface area contributed by atoms with Crippen molar-refractivity contribution in [3.63, 3.8) is 0 Å². The van der Waals surface area contributed by atoms with Crippen LogP contribution in [-0.2, 0) is 10.3 Å². The molecular formula is C17H21N3O4. The smallest absolute Gasteiger partial charge is 0.341 e. The number of carbonyl (C=O) groups is 2. The van der Waals surface area contributed by atoms with Gasteiger partial charge in [0.05, 0.1) is 17.3 Å². The molecule has 0 aliphatic carbocycles. The van der Waals surface area contributed by atoms with E-state index in [1.54, 1.807) is 29.1 Å². The van der Waals surface area contributed by atoms with Gasteiger partial charge in [0.2, 0.25) is 0 Å². The summed E-state index contributed by atoms with van der Waals surface area (Å²) in [5.74, 6) is -0.859. The van der Waals surface area contributed by atoms with E-state index in [9.17, 15) is 9.59 Å². The van der Waals surface area contributed by atoms with Gasteiger partial charge in [0.25, 0.3) is 5.91 Å². The molecule has 0 bridgehead atoms. The monoisotopic (exact) mass is 331 g/mol. The van der Waals surface area contributed by atoms with E-state index >= 15 is 0 Å². The first kappa shape index (κ1) is 17.5. The van der Waals surface area contributed by atoms with Crippen molar-refractivity contribution < 1.29 is 19.4 Å². The number of carbonyl (C=O) groups excluding carboxylic acids is 1. The van der Waals surface area contributed by atoms with E-state index in [-0.39, 0.29) is 11.4 Å². The Morgan fingerprint density at radius 1 is 1.33 bits per heavy atom. The van der Waals surface area contributed by atoms with E-state index in [0.29, 0.717) is 17.0 Å². The lowest BCUT2D eigenvalue weighted by Crippen LogP contribution is -2.22. The van der Waals surface area contributed by atoms with E-state index in [2.05, 4.69) is 10.4 Å². The average molecular weight is 331 g/mol. The minimum absolute atomic E-state index is 0.197. The van der Waals surface area contributed by atoms with E-state index in [1.807, 2.05) is 27.7 Å². The van der Waals surface area contributed by atoms with Crippen LogP contribution in [0.3, 0.4) is 0 Å². The van der Waals surface area contributed by atoms with Crippen LogP contribution in [0.25, 0.3) is 0 Å². The van der Waals surface area contributed by atoms with Crippen LogP contribution in [0.15, 0.2) is 30.6 Å². The third-order valence-corrected chi connectivity index (χ3v) is 3.34. The van der Waals surface area contributed by atoms with Crippen molar-refractivity contribution in [3.8, 4) is 5.75 Å². The van der Waals surface area contributed by atoms with Crippen LogP contribution in [0, 0.1) is 6.92 Å². The van der Waals surface area contributed by atoms with Crippen molar-refractivity contribution in [2.24, 2.45) is 0 Å². The van der Waals surface area contributed by atoms with Gasteiger partial charge in [-0.25, -0.2) is 4.79 Å². The second-order valence-electron chi connectivity index (χ2n) is 6.46. The van der Waals surface area contributed by atoms with Crippen LogP contribution in [0.4, 0.5) is 5.69 Å². The summed E-state index contributed by atoms with van der Waals surface area (Å²) in [4.78, 5) is 22.8. The number of amides is 1. The predicted octanol–water partition coefficient (Wildman–Crippen LogP) is 2.66. The normalized spacial score (nSPS) is 11.2. The van der Waals surface area contributed by atoms with Gasteiger partial charge in [-0.1, -0.05) is 0 Å². The molecule has 0 fully saturated rings. The number of aliphatic carboxylic acids is 1. The summed E-state index contributed by atoms with van der Waals surface area (Å²) in [7, 11) is 0. The molecule has 7 nitrogen and oxygen atoms in total.